The van der Waals surface area contributed by atoms with Crippen molar-refractivity contribution in [1.82, 2.24) is 0 Å². The molecule has 0 aromatic heterocycles. The van der Waals surface area contributed by atoms with Gasteiger partial charge in [0.25, 0.3) is 5.78 Å². The van der Waals surface area contributed by atoms with Gasteiger partial charge < -0.3 is 110 Å². The number of aliphatic hydroxyl groups is 3. The van der Waals surface area contributed by atoms with Crippen LogP contribution >= 0.6 is 0 Å². The van der Waals surface area contributed by atoms with Crippen molar-refractivity contribution in [2.45, 2.75) is 336 Å². The van der Waals surface area contributed by atoms with E-state index < -0.39 is 171 Å². The van der Waals surface area contributed by atoms with E-state index in [1.54, 1.807) is 41.4 Å². The Kier molecular flexibility index (Phi) is 23.0. The normalized spacial score (nSPS) is 51.8. The van der Waals surface area contributed by atoms with Gasteiger partial charge >= 0.3 is 0 Å². The van der Waals surface area contributed by atoms with Crippen LogP contribution in [0.4, 0.5) is 0 Å². The minimum atomic E-state index is -1.34. The molecule has 0 radical (unpaired) electrons. The van der Waals surface area contributed by atoms with Crippen molar-refractivity contribution in [3.05, 3.63) is 23.5 Å². The second-order valence-corrected chi connectivity index (χ2v) is 30.1. The number of hydrogen-bond acceptors (Lipinski definition) is 26. The van der Waals surface area contributed by atoms with Gasteiger partial charge in [0, 0.05) is 73.1 Å². The lowest BCUT2D eigenvalue weighted by atomic mass is 9.46. The van der Waals surface area contributed by atoms with Crippen molar-refractivity contribution < 1.29 is 125 Å². The third-order valence-electron chi connectivity index (χ3n) is 24.6. The molecule has 10 fully saturated rings. The molecule has 4 aliphatic carbocycles. The maximum atomic E-state index is 13.1. The zero-order valence-corrected chi connectivity index (χ0v) is 59.2. The molecule has 0 aromatic carbocycles. The quantitative estimate of drug-likeness (QED) is 0.0964. The number of carbonyl (C=O) groups excluding carboxylic acids is 1. The number of allylic oxidation sites excluding steroid dienone is 1. The van der Waals surface area contributed by atoms with Gasteiger partial charge in [0.15, 0.2) is 37.2 Å². The first-order valence-electron chi connectivity index (χ1n) is 35.5. The molecule has 0 amide bonds. The number of fused-ring (bicyclic) bond motifs is 6. The largest absolute Gasteiger partial charge is 0.493 e. The molecule has 96 heavy (non-hydrogen) atoms. The van der Waals surface area contributed by atoms with Gasteiger partial charge in [-0.3, -0.25) is 4.79 Å². The fourth-order valence-corrected chi connectivity index (χ4v) is 19.1. The van der Waals surface area contributed by atoms with Gasteiger partial charge in [0.1, 0.15) is 55.4 Å². The summed E-state index contributed by atoms with van der Waals surface area (Å²) in [5.74, 6) is -0.0779. The molecule has 0 bridgehead atoms. The number of aliphatic hydroxyl groups excluding tert-OH is 2. The van der Waals surface area contributed by atoms with Crippen molar-refractivity contribution in [2.24, 2.45) is 28.6 Å². The first-order chi connectivity index (χ1) is 45.8. The average Bonchev–Trinajstić information content (AvgIpc) is 1.44. The third-order valence-corrected chi connectivity index (χ3v) is 24.6. The molecule has 12 rings (SSSR count). The molecule has 35 atom stereocenters. The van der Waals surface area contributed by atoms with Gasteiger partial charge in [0.2, 0.25) is 12.1 Å². The number of hydrogen-bond donors (Lipinski definition) is 3. The van der Waals surface area contributed by atoms with Crippen LogP contribution in [0.15, 0.2) is 23.5 Å². The Balaban J connectivity index is 0.606. The van der Waals surface area contributed by atoms with Crippen LogP contribution in [0.1, 0.15) is 153 Å². The molecule has 0 unspecified atom stereocenters. The molecule has 8 aliphatic heterocycles. The van der Waals surface area contributed by atoms with E-state index in [0.29, 0.717) is 55.6 Å². The fraction of sp³-hybridized carbons (Fsp3) is 0.929. The van der Waals surface area contributed by atoms with Crippen molar-refractivity contribution in [3.8, 4) is 0 Å². The topological polar surface area (TPSA) is 281 Å². The number of rotatable bonds is 19. The van der Waals surface area contributed by atoms with Crippen LogP contribution in [0, 0.1) is 28.6 Å². The lowest BCUT2D eigenvalue weighted by Gasteiger charge is -2.59. The first-order valence-corrected chi connectivity index (χ1v) is 35.5. The van der Waals surface area contributed by atoms with Gasteiger partial charge in [-0.2, -0.15) is 4.89 Å². The second kappa shape index (κ2) is 30.0. The fourth-order valence-electron chi connectivity index (χ4n) is 19.1. The van der Waals surface area contributed by atoms with E-state index >= 15 is 0 Å². The molecule has 8 heterocycles. The molecule has 3 N–H and O–H groups in total. The van der Waals surface area contributed by atoms with E-state index in [9.17, 15) is 20.1 Å². The van der Waals surface area contributed by atoms with E-state index in [1.165, 1.54) is 19.8 Å². The molecular formula is C70H112O26. The van der Waals surface area contributed by atoms with Crippen LogP contribution in [-0.4, -0.2) is 254 Å². The summed E-state index contributed by atoms with van der Waals surface area (Å²) in [7, 11) is 9.41. The van der Waals surface area contributed by atoms with Gasteiger partial charge in [0.05, 0.1) is 98.2 Å². The maximum Gasteiger partial charge on any atom is 0.252 e. The Bertz CT molecular complexity index is 2670. The first kappa shape index (κ1) is 73.7. The summed E-state index contributed by atoms with van der Waals surface area (Å²) in [6.45, 7) is 19.9. The van der Waals surface area contributed by atoms with Gasteiger partial charge in [-0.15, -0.1) is 0 Å². The minimum Gasteiger partial charge on any atom is -0.493 e. The van der Waals surface area contributed by atoms with Gasteiger partial charge in [-0.05, 0) is 136 Å². The summed E-state index contributed by atoms with van der Waals surface area (Å²) < 4.78 is 126. The van der Waals surface area contributed by atoms with E-state index in [4.69, 9.17) is 105 Å². The summed E-state index contributed by atoms with van der Waals surface area (Å²) in [6.07, 6.45) is -4.75. The summed E-state index contributed by atoms with van der Waals surface area (Å²) in [5.41, 5.74) is -0.00329. The molecule has 3 saturated carbocycles. The lowest BCUT2D eigenvalue weighted by molar-refractivity contribution is -0.472. The van der Waals surface area contributed by atoms with Crippen LogP contribution in [0.3, 0.4) is 0 Å². The summed E-state index contributed by atoms with van der Waals surface area (Å²) >= 11 is 0. The Morgan fingerprint density at radius 1 is 0.594 bits per heavy atom. The predicted octanol–water partition coefficient (Wildman–Crippen LogP) is 6.16. The zero-order chi connectivity index (χ0) is 68.5. The van der Waals surface area contributed by atoms with Gasteiger partial charge in [-0.1, -0.05) is 25.5 Å². The number of methoxy groups -OCH3 is 6. The number of ketones is 1. The zero-order valence-electron chi connectivity index (χ0n) is 59.2. The number of carbonyl (C=O) groups is 1. The van der Waals surface area contributed by atoms with E-state index in [0.717, 1.165) is 44.9 Å². The Morgan fingerprint density at radius 2 is 1.18 bits per heavy atom. The molecule has 7 saturated heterocycles. The predicted molar refractivity (Wildman–Crippen MR) is 336 cm³/mol. The van der Waals surface area contributed by atoms with E-state index in [1.807, 2.05) is 48.5 Å². The standard InChI is InChI=1S/C70H112O26/c1-33-25-46(75-11)57(72)65(82-33)89-42-19-22-67(9)41(26-42)17-18-43-44(67)20-23-68(10)45(43)21-24-70(68,74)40(8)88-52-30-50-63(38(6)86-52)95-96-69(32-81-50)31-51(79-15)62(39(7)94-69)92-55-28-48(77-13)60(36(4)84-55)90-53-27-47(76-12)59(35(3)83-53)91-54-29-49(78-14)61(37(5)85-54)93-66-58(73)64(80-16)56(71)34(2)87-66/h17,25,33-40,42-45,47-56,58-66,71,73-74H,18-24,26-32H2,1-16H3/t33-,34+,35-,36-,37-,38+,39-,40-,42+,43-,44-,45+,47-,48-,49-,50+,51-,52-,53+,54+,55+,56+,58+,59-,60-,61-,62-,63+,64-,65+,66-,67+,68-,69+,70+/m1/s1. The molecule has 26 heteroatoms. The van der Waals surface area contributed by atoms with Crippen LogP contribution in [-0.2, 0) is 109 Å². The van der Waals surface area contributed by atoms with Crippen LogP contribution in [0.25, 0.3) is 0 Å². The van der Waals surface area contributed by atoms with E-state index in [-0.39, 0.29) is 41.8 Å². The van der Waals surface area contributed by atoms with Crippen molar-refractivity contribution in [3.63, 3.8) is 0 Å². The monoisotopic (exact) mass is 1370 g/mol. The third kappa shape index (κ3) is 14.2. The SMILES string of the molecule is COC1=C[C@@H](C)O[C@@H](O[C@H]2CC[C@@]3(C)C(=CC[C@@H]4[C@H]3CC[C@]3(C)[C@H]4CC[C@]3(O)[C@@H](C)O[C@@H]3C[C@@H]4OC[C@]5(C[C@@H](OC)[C@H](O[C@H]6C[C@@H](OC)[C@H](O[C@H]7C[C@@H](OC)[C@H](O[C@H]8C[C@@H](OC)[C@H](O[C@H]9O[C@@H](C)[C@H](O)[C@@H](OC)[C@@H]9O)[C@@H](C)O8)[C@@H](C)O7)[C@@H](C)O6)[C@@H](C)O5)OO[C@H]4[C@H](C)O3)C2)C1=O. The van der Waals surface area contributed by atoms with Crippen LogP contribution in [0.5, 0.6) is 0 Å². The highest BCUT2D eigenvalue weighted by Crippen LogP contribution is 2.68. The molecule has 548 valence electrons. The summed E-state index contributed by atoms with van der Waals surface area (Å²) in [4.78, 5) is 25.6. The molecular weight excluding hydrogens is 1260 g/mol. The Hall–Kier alpha value is -2.01. The number of ether oxygens (including phenoxy) is 20. The number of Topliss-reactive ketones (excluding diaryl/α,β-unsaturated/α-hetero) is 1. The smallest absolute Gasteiger partial charge is 0.252 e. The molecule has 0 aromatic rings. The van der Waals surface area contributed by atoms with Crippen molar-refractivity contribution in [1.29, 1.82) is 0 Å². The Morgan fingerprint density at radius 3 is 1.77 bits per heavy atom. The van der Waals surface area contributed by atoms with Crippen LogP contribution in [0.2, 0.25) is 0 Å². The Labute approximate surface area is 565 Å². The second-order valence-electron chi connectivity index (χ2n) is 30.1. The minimum absolute atomic E-state index is 0.0171. The van der Waals surface area contributed by atoms with Crippen molar-refractivity contribution >= 4 is 5.78 Å². The van der Waals surface area contributed by atoms with Gasteiger partial charge in [-0.25, -0.2) is 4.89 Å². The van der Waals surface area contributed by atoms with E-state index in [2.05, 4.69) is 19.9 Å². The highest BCUT2D eigenvalue weighted by atomic mass is 17.2. The molecule has 12 aliphatic rings. The van der Waals surface area contributed by atoms with Crippen LogP contribution < -0.4 is 0 Å². The summed E-state index contributed by atoms with van der Waals surface area (Å²) in [6, 6.07) is 0. The average molecular weight is 1370 g/mol. The lowest BCUT2D eigenvalue weighted by Crippen LogP contribution is -2.61. The van der Waals surface area contributed by atoms with Crippen molar-refractivity contribution in [2.75, 3.05) is 49.3 Å². The summed E-state index contributed by atoms with van der Waals surface area (Å²) in [5, 5.41) is 34.5. The molecule has 1 spiro atoms. The highest BCUT2D eigenvalue weighted by Gasteiger charge is 2.66. The molecule has 26 nitrogen and oxygen atoms in total. The highest BCUT2D eigenvalue weighted by molar-refractivity contribution is 5.96. The maximum absolute atomic E-state index is 13.1.